The van der Waals surface area contributed by atoms with E-state index in [1.165, 1.54) is 27.8 Å². The predicted octanol–water partition coefficient (Wildman–Crippen LogP) is 6.33. The van der Waals surface area contributed by atoms with Crippen LogP contribution >= 0.6 is 27.5 Å². The van der Waals surface area contributed by atoms with E-state index in [-0.39, 0.29) is 18.4 Å². The summed E-state index contributed by atoms with van der Waals surface area (Å²) in [6.07, 6.45) is 10.3. The molecule has 0 unspecified atom stereocenters. The summed E-state index contributed by atoms with van der Waals surface area (Å²) in [7, 11) is 0. The molecule has 0 saturated carbocycles. The van der Waals surface area contributed by atoms with Crippen molar-refractivity contribution in [3.8, 4) is 0 Å². The highest BCUT2D eigenvalue weighted by Gasteiger charge is 2.31. The Morgan fingerprint density at radius 3 is 2.50 bits per heavy atom. The molecule has 0 spiro atoms. The lowest BCUT2D eigenvalue weighted by molar-refractivity contribution is -0.132. The third-order valence-electron chi connectivity index (χ3n) is 7.40. The van der Waals surface area contributed by atoms with Crippen LogP contribution in [0.2, 0.25) is 17.7 Å². The molecule has 2 N–H and O–H groups in total. The van der Waals surface area contributed by atoms with E-state index in [1.54, 1.807) is 0 Å². The second-order valence-corrected chi connectivity index (χ2v) is 10.9. The zero-order valence-corrected chi connectivity index (χ0v) is 21.1. The first-order chi connectivity index (χ1) is 15.3. The van der Waals surface area contributed by atoms with E-state index in [4.69, 9.17) is 17.3 Å². The number of aryl methyl sites for hydroxylation is 1. The van der Waals surface area contributed by atoms with Crippen molar-refractivity contribution in [2.45, 2.75) is 64.5 Å². The van der Waals surface area contributed by atoms with E-state index in [0.29, 0.717) is 12.3 Å². The smallest absolute Gasteiger partial charge is 0.251 e. The van der Waals surface area contributed by atoms with Crippen molar-refractivity contribution in [1.29, 1.82) is 0 Å². The largest absolute Gasteiger partial charge is 0.378 e. The highest BCUT2D eigenvalue weighted by molar-refractivity contribution is 9.10. The van der Waals surface area contributed by atoms with Gasteiger partial charge in [-0.1, -0.05) is 70.2 Å². The highest BCUT2D eigenvalue weighted by atomic mass is 79.9. The van der Waals surface area contributed by atoms with E-state index < -0.39 is 0 Å². The summed E-state index contributed by atoms with van der Waals surface area (Å²) in [6, 6.07) is 4.08. The molecule has 2 heterocycles. The van der Waals surface area contributed by atoms with Gasteiger partial charge in [-0.05, 0) is 67.4 Å². The molecule has 2 saturated heterocycles. The lowest BCUT2D eigenvalue weighted by Crippen LogP contribution is -2.39. The summed E-state index contributed by atoms with van der Waals surface area (Å²) in [6.45, 7) is 3.76. The SMILES string of the molecule is CC1=CC(=C2CCN(C(=O)CC3CCB(C(N)=O)CC3)CC2)c2c(Br)cc(Cl)cc2CC1. The molecule has 0 atom stereocenters. The third kappa shape index (κ3) is 5.33. The standard InChI is InChI=1S/C25H31BBrClN2O2/c1-16-2-3-19-14-20(28)15-22(27)24(19)21(12-16)18-6-10-30(11-7-18)23(31)13-17-4-8-26(9-5-17)25(29)32/h12,14-15,17H,2-11,13H2,1H3,(H2,29,32). The number of hydrogen-bond donors (Lipinski definition) is 1. The average Bonchev–Trinajstić information content (AvgIpc) is 2.93. The van der Waals surface area contributed by atoms with Crippen LogP contribution in [0, 0.1) is 5.92 Å². The van der Waals surface area contributed by atoms with Crippen molar-refractivity contribution >= 4 is 51.5 Å². The van der Waals surface area contributed by atoms with E-state index in [0.717, 1.165) is 73.8 Å². The fraction of sp³-hybridized carbons (Fsp3) is 0.520. The Morgan fingerprint density at radius 2 is 1.84 bits per heavy atom. The van der Waals surface area contributed by atoms with Gasteiger partial charge in [-0.2, -0.15) is 0 Å². The van der Waals surface area contributed by atoms with Crippen LogP contribution in [0.5, 0.6) is 0 Å². The number of fused-ring (bicyclic) bond motifs is 1. The van der Waals surface area contributed by atoms with Gasteiger partial charge in [-0.25, -0.2) is 0 Å². The topological polar surface area (TPSA) is 63.4 Å². The van der Waals surface area contributed by atoms with Gasteiger partial charge in [-0.3, -0.25) is 9.59 Å². The summed E-state index contributed by atoms with van der Waals surface area (Å²) in [4.78, 5) is 26.4. The van der Waals surface area contributed by atoms with Crippen molar-refractivity contribution in [2.24, 2.45) is 11.7 Å². The molecule has 0 aromatic heterocycles. The summed E-state index contributed by atoms with van der Waals surface area (Å²) in [5, 5.41) is 0.768. The molecular formula is C25H31BBrClN2O2. The summed E-state index contributed by atoms with van der Waals surface area (Å²) in [5.41, 5.74) is 12.1. The van der Waals surface area contributed by atoms with Gasteiger partial charge < -0.3 is 10.6 Å². The van der Waals surface area contributed by atoms with Crippen molar-refractivity contribution in [1.82, 2.24) is 4.90 Å². The maximum absolute atomic E-state index is 12.9. The van der Waals surface area contributed by atoms with Crippen LogP contribution in [0.15, 0.2) is 33.8 Å². The maximum Gasteiger partial charge on any atom is 0.251 e. The van der Waals surface area contributed by atoms with Gasteiger partial charge in [0, 0.05) is 29.0 Å². The molecule has 2 fully saturated rings. The summed E-state index contributed by atoms with van der Waals surface area (Å²) >= 11 is 10.1. The molecule has 1 aromatic carbocycles. The van der Waals surface area contributed by atoms with Crippen molar-refractivity contribution in [3.05, 3.63) is 50.0 Å². The van der Waals surface area contributed by atoms with Crippen LogP contribution in [0.4, 0.5) is 4.79 Å². The first kappa shape index (κ1) is 23.6. The number of rotatable bonds is 3. The van der Waals surface area contributed by atoms with Gasteiger partial charge in [0.1, 0.15) is 0 Å². The Morgan fingerprint density at radius 1 is 1.16 bits per heavy atom. The number of carbonyl (C=O) groups is 2. The monoisotopic (exact) mass is 516 g/mol. The van der Waals surface area contributed by atoms with E-state index in [1.807, 2.05) is 11.0 Å². The van der Waals surface area contributed by atoms with E-state index in [9.17, 15) is 9.59 Å². The first-order valence-corrected chi connectivity index (χ1v) is 12.9. The maximum atomic E-state index is 12.9. The minimum Gasteiger partial charge on any atom is -0.378 e. The van der Waals surface area contributed by atoms with Gasteiger partial charge in [0.15, 0.2) is 5.81 Å². The molecule has 3 aliphatic rings. The zero-order chi connectivity index (χ0) is 22.8. The Hall–Kier alpha value is -1.53. The van der Waals surface area contributed by atoms with Gasteiger partial charge in [0.05, 0.1) is 0 Å². The van der Waals surface area contributed by atoms with Crippen molar-refractivity contribution < 1.29 is 9.59 Å². The molecule has 1 aliphatic carbocycles. The Labute approximate surface area is 204 Å². The van der Waals surface area contributed by atoms with Crippen LogP contribution in [0.1, 0.15) is 56.6 Å². The predicted molar refractivity (Wildman–Crippen MR) is 136 cm³/mol. The molecule has 7 heteroatoms. The second kappa shape index (κ2) is 10.2. The molecule has 2 amide bonds. The molecular weight excluding hydrogens is 486 g/mol. The quantitative estimate of drug-likeness (QED) is 0.477. The number of benzene rings is 1. The van der Waals surface area contributed by atoms with E-state index in [2.05, 4.69) is 35.0 Å². The number of carbonyl (C=O) groups excluding carboxylic acids is 2. The fourth-order valence-electron chi connectivity index (χ4n) is 5.45. The number of amides is 2. The van der Waals surface area contributed by atoms with Crippen molar-refractivity contribution in [2.75, 3.05) is 13.1 Å². The summed E-state index contributed by atoms with van der Waals surface area (Å²) in [5.74, 6) is 0.458. The number of hydrogen-bond acceptors (Lipinski definition) is 2. The highest BCUT2D eigenvalue weighted by Crippen LogP contribution is 2.40. The van der Waals surface area contributed by atoms with Crippen molar-refractivity contribution in [3.63, 3.8) is 0 Å². The molecule has 32 heavy (non-hydrogen) atoms. The van der Waals surface area contributed by atoms with Gasteiger partial charge in [0.25, 0.3) is 6.71 Å². The fourth-order valence-corrected chi connectivity index (χ4v) is 6.54. The number of primary amides is 1. The number of nitrogens with zero attached hydrogens (tertiary/aromatic N) is 1. The normalized spacial score (nSPS) is 20.0. The Bertz CT molecular complexity index is 972. The number of piperidine rings is 1. The van der Waals surface area contributed by atoms with Crippen LogP contribution < -0.4 is 5.73 Å². The molecule has 2 aliphatic heterocycles. The third-order valence-corrected chi connectivity index (χ3v) is 8.24. The lowest BCUT2D eigenvalue weighted by Gasteiger charge is -2.32. The molecule has 4 nitrogen and oxygen atoms in total. The Kier molecular flexibility index (Phi) is 7.51. The molecule has 0 bridgehead atoms. The molecule has 4 rings (SSSR count). The van der Waals surface area contributed by atoms with E-state index >= 15 is 0 Å². The lowest BCUT2D eigenvalue weighted by atomic mass is 9.40. The number of allylic oxidation sites excluding steroid dienone is 3. The average molecular weight is 518 g/mol. The van der Waals surface area contributed by atoms with Gasteiger partial charge in [0.2, 0.25) is 5.91 Å². The minimum absolute atomic E-state index is 0.00121. The number of likely N-dealkylation sites (tertiary alicyclic amines) is 1. The number of halogens is 2. The molecule has 170 valence electrons. The summed E-state index contributed by atoms with van der Waals surface area (Å²) < 4.78 is 1.05. The Balaban J connectivity index is 1.43. The van der Waals surface area contributed by atoms with Crippen LogP contribution in [-0.4, -0.2) is 36.4 Å². The van der Waals surface area contributed by atoms with Crippen LogP contribution in [-0.2, 0) is 11.2 Å². The van der Waals surface area contributed by atoms with Gasteiger partial charge >= 0.3 is 0 Å². The first-order valence-electron chi connectivity index (χ1n) is 11.8. The molecule has 1 aromatic rings. The number of nitrogens with two attached hydrogens (primary N) is 1. The van der Waals surface area contributed by atoms with Crippen LogP contribution in [0.25, 0.3) is 5.57 Å². The second-order valence-electron chi connectivity index (χ2n) is 9.63. The zero-order valence-electron chi connectivity index (χ0n) is 18.8. The van der Waals surface area contributed by atoms with Crippen LogP contribution in [0.3, 0.4) is 0 Å². The van der Waals surface area contributed by atoms with Gasteiger partial charge in [-0.15, -0.1) is 0 Å². The molecule has 0 radical (unpaired) electrons. The minimum atomic E-state index is -0.190.